The van der Waals surface area contributed by atoms with Crippen LogP contribution in [0.1, 0.15) is 24.2 Å². The fraction of sp³-hybridized carbons (Fsp3) is 0.500. The Morgan fingerprint density at radius 1 is 1.48 bits per heavy atom. The average Bonchev–Trinajstić information content (AvgIpc) is 2.86. The Balaban J connectivity index is 1.99. The molecule has 1 aromatic carbocycles. The normalized spacial score (nSPS) is 18.8. The van der Waals surface area contributed by atoms with E-state index in [0.717, 1.165) is 49.5 Å². The SMILES string of the molecule is N#Cc1ccc2nc(CCCl)n(CC3CCCOC3)c2c1. The number of fused-ring (bicyclic) bond motifs is 1. The molecule has 0 radical (unpaired) electrons. The molecule has 1 atom stereocenters. The Bertz CT molecular complexity index is 668. The van der Waals surface area contributed by atoms with Gasteiger partial charge < -0.3 is 9.30 Å². The molecular weight excluding hydrogens is 286 g/mol. The molecule has 21 heavy (non-hydrogen) atoms. The number of benzene rings is 1. The van der Waals surface area contributed by atoms with Gasteiger partial charge in [-0.2, -0.15) is 5.26 Å². The lowest BCUT2D eigenvalue weighted by Gasteiger charge is -2.23. The molecule has 0 bridgehead atoms. The highest BCUT2D eigenvalue weighted by Crippen LogP contribution is 2.23. The summed E-state index contributed by atoms with van der Waals surface area (Å²) < 4.78 is 7.80. The van der Waals surface area contributed by atoms with Crippen molar-refractivity contribution < 1.29 is 4.74 Å². The molecule has 0 spiro atoms. The van der Waals surface area contributed by atoms with Crippen molar-refractivity contribution in [3.63, 3.8) is 0 Å². The molecule has 3 rings (SSSR count). The highest BCUT2D eigenvalue weighted by Gasteiger charge is 2.18. The third-order valence-electron chi connectivity index (χ3n) is 3.97. The Morgan fingerprint density at radius 2 is 2.38 bits per heavy atom. The van der Waals surface area contributed by atoms with Gasteiger partial charge in [0.05, 0.1) is 29.3 Å². The van der Waals surface area contributed by atoms with Crippen LogP contribution in [0.25, 0.3) is 11.0 Å². The number of nitriles is 1. The van der Waals surface area contributed by atoms with Crippen molar-refractivity contribution in [2.45, 2.75) is 25.8 Å². The minimum absolute atomic E-state index is 0.510. The van der Waals surface area contributed by atoms with E-state index in [4.69, 9.17) is 21.6 Å². The minimum atomic E-state index is 0.510. The monoisotopic (exact) mass is 303 g/mol. The quantitative estimate of drug-likeness (QED) is 0.815. The molecule has 4 nitrogen and oxygen atoms in total. The lowest BCUT2D eigenvalue weighted by atomic mass is 10.0. The molecule has 1 aromatic heterocycles. The standard InChI is InChI=1S/C16H18ClN3O/c17-6-5-16-19-14-4-3-12(9-18)8-15(14)20(16)10-13-2-1-7-21-11-13/h3-4,8,13H,1-2,5-7,10-11H2. The summed E-state index contributed by atoms with van der Waals surface area (Å²) in [5, 5.41) is 9.10. The van der Waals surface area contributed by atoms with Crippen molar-refractivity contribution in [2.75, 3.05) is 19.1 Å². The molecular formula is C16H18ClN3O. The van der Waals surface area contributed by atoms with Gasteiger partial charge >= 0.3 is 0 Å². The fourth-order valence-corrected chi connectivity index (χ4v) is 3.10. The first-order valence-electron chi connectivity index (χ1n) is 7.35. The number of hydrogen-bond donors (Lipinski definition) is 0. The number of aromatic nitrogens is 2. The van der Waals surface area contributed by atoms with Crippen LogP contribution in [0.2, 0.25) is 0 Å². The van der Waals surface area contributed by atoms with E-state index in [1.54, 1.807) is 0 Å². The summed E-state index contributed by atoms with van der Waals surface area (Å²) in [7, 11) is 0. The smallest absolute Gasteiger partial charge is 0.111 e. The van der Waals surface area contributed by atoms with Crippen molar-refractivity contribution in [3.8, 4) is 6.07 Å². The molecule has 5 heteroatoms. The lowest BCUT2D eigenvalue weighted by Crippen LogP contribution is -2.23. The number of halogens is 1. The maximum Gasteiger partial charge on any atom is 0.111 e. The molecule has 1 fully saturated rings. The third kappa shape index (κ3) is 3.04. The lowest BCUT2D eigenvalue weighted by molar-refractivity contribution is 0.0485. The second-order valence-corrected chi connectivity index (χ2v) is 5.85. The predicted octanol–water partition coefficient (Wildman–Crippen LogP) is 3.12. The van der Waals surface area contributed by atoms with E-state index in [1.807, 2.05) is 18.2 Å². The maximum atomic E-state index is 9.10. The van der Waals surface area contributed by atoms with Gasteiger partial charge in [-0.05, 0) is 31.0 Å². The molecule has 0 N–H and O–H groups in total. The third-order valence-corrected chi connectivity index (χ3v) is 4.16. The highest BCUT2D eigenvalue weighted by molar-refractivity contribution is 6.17. The topological polar surface area (TPSA) is 50.8 Å². The molecule has 1 aliphatic rings. The minimum Gasteiger partial charge on any atom is -0.381 e. The van der Waals surface area contributed by atoms with E-state index in [2.05, 4.69) is 15.6 Å². The van der Waals surface area contributed by atoms with E-state index in [-0.39, 0.29) is 0 Å². The second kappa shape index (κ2) is 6.46. The summed E-state index contributed by atoms with van der Waals surface area (Å²) in [5.74, 6) is 2.06. The van der Waals surface area contributed by atoms with Crippen LogP contribution in [-0.2, 0) is 17.7 Å². The molecule has 1 aliphatic heterocycles. The summed E-state index contributed by atoms with van der Waals surface area (Å²) in [6.07, 6.45) is 3.04. The first kappa shape index (κ1) is 14.4. The van der Waals surface area contributed by atoms with Gasteiger partial charge in [0.2, 0.25) is 0 Å². The number of aryl methyl sites for hydroxylation is 1. The zero-order valence-corrected chi connectivity index (χ0v) is 12.6. The summed E-state index contributed by atoms with van der Waals surface area (Å²) in [5.41, 5.74) is 2.63. The van der Waals surface area contributed by atoms with Gasteiger partial charge in [-0.15, -0.1) is 11.6 Å². The van der Waals surface area contributed by atoms with Gasteiger partial charge in [-0.1, -0.05) is 0 Å². The summed E-state index contributed by atoms with van der Waals surface area (Å²) >= 11 is 5.91. The van der Waals surface area contributed by atoms with Crippen LogP contribution in [0.5, 0.6) is 0 Å². The molecule has 2 heterocycles. The van der Waals surface area contributed by atoms with Crippen molar-refractivity contribution in [1.82, 2.24) is 9.55 Å². The van der Waals surface area contributed by atoms with Crippen LogP contribution in [-0.4, -0.2) is 28.6 Å². The van der Waals surface area contributed by atoms with Crippen LogP contribution in [0, 0.1) is 17.2 Å². The molecule has 1 unspecified atom stereocenters. The van der Waals surface area contributed by atoms with Gasteiger partial charge in [0.15, 0.2) is 0 Å². The number of alkyl halides is 1. The summed E-state index contributed by atoms with van der Waals surface area (Å²) in [6.45, 7) is 2.56. The van der Waals surface area contributed by atoms with Crippen LogP contribution < -0.4 is 0 Å². The highest BCUT2D eigenvalue weighted by atomic mass is 35.5. The van der Waals surface area contributed by atoms with E-state index in [0.29, 0.717) is 17.4 Å². The predicted molar refractivity (Wildman–Crippen MR) is 82.4 cm³/mol. The maximum absolute atomic E-state index is 9.10. The van der Waals surface area contributed by atoms with E-state index >= 15 is 0 Å². The zero-order chi connectivity index (χ0) is 14.7. The van der Waals surface area contributed by atoms with Crippen LogP contribution in [0.15, 0.2) is 18.2 Å². The van der Waals surface area contributed by atoms with Crippen molar-refractivity contribution in [1.29, 1.82) is 5.26 Å². The molecule has 2 aromatic rings. The number of imidazole rings is 1. The molecule has 0 amide bonds. The Hall–Kier alpha value is -1.57. The number of hydrogen-bond acceptors (Lipinski definition) is 3. The molecule has 110 valence electrons. The van der Waals surface area contributed by atoms with E-state index in [9.17, 15) is 0 Å². The first-order chi connectivity index (χ1) is 10.3. The van der Waals surface area contributed by atoms with Crippen LogP contribution >= 0.6 is 11.6 Å². The first-order valence-corrected chi connectivity index (χ1v) is 7.88. The van der Waals surface area contributed by atoms with Crippen molar-refractivity contribution in [2.24, 2.45) is 5.92 Å². The van der Waals surface area contributed by atoms with Crippen molar-refractivity contribution in [3.05, 3.63) is 29.6 Å². The van der Waals surface area contributed by atoms with Gasteiger partial charge in [0.1, 0.15) is 5.82 Å². The van der Waals surface area contributed by atoms with Gasteiger partial charge in [-0.3, -0.25) is 0 Å². The molecule has 0 aliphatic carbocycles. The van der Waals surface area contributed by atoms with Crippen LogP contribution in [0.3, 0.4) is 0 Å². The summed E-state index contributed by atoms with van der Waals surface area (Å²) in [4.78, 5) is 4.67. The summed E-state index contributed by atoms with van der Waals surface area (Å²) in [6, 6.07) is 7.85. The molecule has 1 saturated heterocycles. The second-order valence-electron chi connectivity index (χ2n) is 5.48. The zero-order valence-electron chi connectivity index (χ0n) is 11.9. The van der Waals surface area contributed by atoms with Gasteiger partial charge in [0.25, 0.3) is 0 Å². The number of rotatable bonds is 4. The van der Waals surface area contributed by atoms with E-state index in [1.165, 1.54) is 6.42 Å². The Labute approximate surface area is 129 Å². The van der Waals surface area contributed by atoms with Crippen LogP contribution in [0.4, 0.5) is 0 Å². The average molecular weight is 304 g/mol. The van der Waals surface area contributed by atoms with Gasteiger partial charge in [-0.25, -0.2) is 4.98 Å². The largest absolute Gasteiger partial charge is 0.381 e. The fourth-order valence-electron chi connectivity index (χ4n) is 2.93. The molecule has 0 saturated carbocycles. The number of nitrogens with zero attached hydrogens (tertiary/aromatic N) is 3. The number of ether oxygens (including phenoxy) is 1. The Kier molecular flexibility index (Phi) is 4.42. The van der Waals surface area contributed by atoms with E-state index < -0.39 is 0 Å². The Morgan fingerprint density at radius 3 is 3.10 bits per heavy atom. The van der Waals surface area contributed by atoms with Gasteiger partial charge in [0, 0.05) is 31.4 Å². The van der Waals surface area contributed by atoms with Crippen molar-refractivity contribution >= 4 is 22.6 Å².